The Bertz CT molecular complexity index is 1150. The monoisotopic (exact) mass is 466 g/mol. The molecule has 1 aliphatic rings. The van der Waals surface area contributed by atoms with E-state index < -0.39 is 10.0 Å². The Labute approximate surface area is 196 Å². The Morgan fingerprint density at radius 2 is 1.39 bits per heavy atom. The van der Waals surface area contributed by atoms with Crippen molar-refractivity contribution in [1.29, 1.82) is 0 Å². The van der Waals surface area contributed by atoms with Gasteiger partial charge in [-0.2, -0.15) is 4.31 Å². The molecule has 6 nitrogen and oxygen atoms in total. The largest absolute Gasteiger partial charge is 0.497 e. The Morgan fingerprint density at radius 1 is 0.788 bits per heavy atom. The maximum absolute atomic E-state index is 13.5. The van der Waals surface area contributed by atoms with E-state index in [0.29, 0.717) is 31.1 Å². The second kappa shape index (κ2) is 10.4. The minimum absolute atomic E-state index is 0.369. The molecule has 174 valence electrons. The Hall–Kier alpha value is -2.87. The third kappa shape index (κ3) is 5.38. The number of methoxy groups -OCH3 is 2. The molecule has 3 aromatic carbocycles. The first-order chi connectivity index (χ1) is 16.0. The first kappa shape index (κ1) is 23.3. The van der Waals surface area contributed by atoms with Gasteiger partial charge in [-0.15, -0.1) is 0 Å². The van der Waals surface area contributed by atoms with Gasteiger partial charge in [0.2, 0.25) is 10.0 Å². The summed E-state index contributed by atoms with van der Waals surface area (Å²) in [6, 6.07) is 22.8. The average molecular weight is 467 g/mol. The predicted octanol–water partition coefficient (Wildman–Crippen LogP) is 3.92. The minimum Gasteiger partial charge on any atom is -0.497 e. The lowest BCUT2D eigenvalue weighted by Crippen LogP contribution is -2.49. The van der Waals surface area contributed by atoms with E-state index in [1.165, 1.54) is 0 Å². The molecule has 0 N–H and O–H groups in total. The molecule has 1 heterocycles. The van der Waals surface area contributed by atoms with Crippen LogP contribution >= 0.6 is 0 Å². The molecule has 1 aliphatic heterocycles. The van der Waals surface area contributed by atoms with Gasteiger partial charge in [0.05, 0.1) is 19.1 Å². The van der Waals surface area contributed by atoms with E-state index in [1.54, 1.807) is 30.7 Å². The van der Waals surface area contributed by atoms with Crippen molar-refractivity contribution >= 4 is 10.0 Å². The number of ether oxygens (including phenoxy) is 2. The molecule has 33 heavy (non-hydrogen) atoms. The molecule has 0 amide bonds. The smallest absolute Gasteiger partial charge is 0.243 e. The highest BCUT2D eigenvalue weighted by molar-refractivity contribution is 7.89. The van der Waals surface area contributed by atoms with Crippen LogP contribution in [-0.2, 0) is 16.4 Å². The van der Waals surface area contributed by atoms with Crippen molar-refractivity contribution in [3.05, 3.63) is 78.4 Å². The number of piperazine rings is 1. The molecule has 0 spiro atoms. The van der Waals surface area contributed by atoms with Gasteiger partial charge in [0.15, 0.2) is 0 Å². The molecule has 1 saturated heterocycles. The molecule has 7 heteroatoms. The summed E-state index contributed by atoms with van der Waals surface area (Å²) in [7, 11) is -0.282. The van der Waals surface area contributed by atoms with Gasteiger partial charge in [0, 0.05) is 44.4 Å². The number of nitrogens with zero attached hydrogens (tertiary/aromatic N) is 2. The molecule has 0 bridgehead atoms. The summed E-state index contributed by atoms with van der Waals surface area (Å²) in [6.07, 6.45) is 0.844. The molecular formula is C26H30N2O4S. The number of hydrogen-bond acceptors (Lipinski definition) is 5. The van der Waals surface area contributed by atoms with Gasteiger partial charge in [0.25, 0.3) is 0 Å². The first-order valence-corrected chi connectivity index (χ1v) is 12.5. The minimum atomic E-state index is -3.58. The first-order valence-electron chi connectivity index (χ1n) is 11.1. The lowest BCUT2D eigenvalue weighted by atomic mass is 10.1. The number of benzene rings is 3. The highest BCUT2D eigenvalue weighted by Gasteiger charge is 2.30. The quantitative estimate of drug-likeness (QED) is 0.504. The topological polar surface area (TPSA) is 59.1 Å². The lowest BCUT2D eigenvalue weighted by Gasteiger charge is -2.34. The van der Waals surface area contributed by atoms with Crippen LogP contribution in [-0.4, -0.2) is 64.6 Å². The fraction of sp³-hybridized carbons (Fsp3) is 0.308. The van der Waals surface area contributed by atoms with E-state index in [9.17, 15) is 8.42 Å². The van der Waals surface area contributed by atoms with Gasteiger partial charge >= 0.3 is 0 Å². The zero-order chi connectivity index (χ0) is 23.3. The number of hydrogen-bond donors (Lipinski definition) is 0. The van der Waals surface area contributed by atoms with Crippen LogP contribution < -0.4 is 9.47 Å². The van der Waals surface area contributed by atoms with Crippen LogP contribution in [0.4, 0.5) is 0 Å². The fourth-order valence-electron chi connectivity index (χ4n) is 4.18. The van der Waals surface area contributed by atoms with E-state index >= 15 is 0 Å². The summed E-state index contributed by atoms with van der Waals surface area (Å²) in [5, 5.41) is 0. The number of sulfonamides is 1. The van der Waals surface area contributed by atoms with Gasteiger partial charge in [-0.05, 0) is 35.7 Å². The molecule has 0 aromatic heterocycles. The van der Waals surface area contributed by atoms with Gasteiger partial charge in [-0.1, -0.05) is 48.5 Å². The lowest BCUT2D eigenvalue weighted by molar-refractivity contribution is 0.190. The predicted molar refractivity (Wildman–Crippen MR) is 130 cm³/mol. The van der Waals surface area contributed by atoms with Crippen molar-refractivity contribution in [3.8, 4) is 22.6 Å². The van der Waals surface area contributed by atoms with Crippen molar-refractivity contribution in [2.75, 3.05) is 46.9 Å². The summed E-state index contributed by atoms with van der Waals surface area (Å²) in [4.78, 5) is 2.68. The summed E-state index contributed by atoms with van der Waals surface area (Å²) in [5.41, 5.74) is 2.79. The Morgan fingerprint density at radius 3 is 2.03 bits per heavy atom. The third-order valence-electron chi connectivity index (χ3n) is 6.05. The molecular weight excluding hydrogens is 436 g/mol. The molecule has 0 aliphatic carbocycles. The van der Waals surface area contributed by atoms with E-state index in [4.69, 9.17) is 9.47 Å². The van der Waals surface area contributed by atoms with Gasteiger partial charge < -0.3 is 14.4 Å². The molecule has 0 unspecified atom stereocenters. The average Bonchev–Trinajstić information content (AvgIpc) is 2.88. The Balaban J connectivity index is 1.41. The molecule has 4 rings (SSSR count). The van der Waals surface area contributed by atoms with Crippen molar-refractivity contribution in [1.82, 2.24) is 9.21 Å². The van der Waals surface area contributed by atoms with Crippen LogP contribution in [0.2, 0.25) is 0 Å². The van der Waals surface area contributed by atoms with Crippen LogP contribution in [0, 0.1) is 0 Å². The molecule has 3 aromatic rings. The van der Waals surface area contributed by atoms with E-state index in [0.717, 1.165) is 41.2 Å². The van der Waals surface area contributed by atoms with Crippen LogP contribution in [0.1, 0.15) is 5.56 Å². The van der Waals surface area contributed by atoms with Crippen molar-refractivity contribution in [2.24, 2.45) is 0 Å². The second-order valence-electron chi connectivity index (χ2n) is 8.08. The maximum atomic E-state index is 13.5. The number of rotatable bonds is 8. The van der Waals surface area contributed by atoms with Crippen molar-refractivity contribution in [3.63, 3.8) is 0 Å². The van der Waals surface area contributed by atoms with E-state index in [1.807, 2.05) is 60.7 Å². The zero-order valence-corrected chi connectivity index (χ0v) is 19.9. The van der Waals surface area contributed by atoms with Gasteiger partial charge in [0.1, 0.15) is 11.5 Å². The standard InChI is InChI=1S/C26H30N2O4S/c1-31-23-18-21(19-24(20-23)32-2)12-13-27-14-16-28(17-15-27)33(29,30)26-11-7-6-10-25(26)22-8-4-3-5-9-22/h3-11,18-20H,12-17H2,1-2H3. The van der Waals surface area contributed by atoms with Crippen molar-refractivity contribution < 1.29 is 17.9 Å². The van der Waals surface area contributed by atoms with Crippen LogP contribution in [0.15, 0.2) is 77.7 Å². The molecule has 0 saturated carbocycles. The zero-order valence-electron chi connectivity index (χ0n) is 19.1. The maximum Gasteiger partial charge on any atom is 0.243 e. The third-order valence-corrected chi connectivity index (χ3v) is 8.01. The van der Waals surface area contributed by atoms with Crippen molar-refractivity contribution in [2.45, 2.75) is 11.3 Å². The van der Waals surface area contributed by atoms with Gasteiger partial charge in [-0.25, -0.2) is 8.42 Å². The summed E-state index contributed by atoms with van der Waals surface area (Å²) >= 11 is 0. The normalized spacial score (nSPS) is 15.3. The molecule has 1 fully saturated rings. The highest BCUT2D eigenvalue weighted by atomic mass is 32.2. The Kier molecular flexibility index (Phi) is 7.33. The SMILES string of the molecule is COc1cc(CCN2CCN(S(=O)(=O)c3ccccc3-c3ccccc3)CC2)cc(OC)c1. The van der Waals surface area contributed by atoms with E-state index in [2.05, 4.69) is 4.90 Å². The summed E-state index contributed by atoms with van der Waals surface area (Å²) in [5.74, 6) is 1.55. The summed E-state index contributed by atoms with van der Waals surface area (Å²) < 4.78 is 39.3. The summed E-state index contributed by atoms with van der Waals surface area (Å²) in [6.45, 7) is 3.21. The fourth-order valence-corrected chi connectivity index (χ4v) is 5.81. The van der Waals surface area contributed by atoms with Gasteiger partial charge in [-0.3, -0.25) is 0 Å². The van der Waals surface area contributed by atoms with Crippen LogP contribution in [0.3, 0.4) is 0 Å². The second-order valence-corrected chi connectivity index (χ2v) is 9.99. The van der Waals surface area contributed by atoms with E-state index in [-0.39, 0.29) is 0 Å². The highest BCUT2D eigenvalue weighted by Crippen LogP contribution is 2.30. The molecule has 0 radical (unpaired) electrons. The van der Waals surface area contributed by atoms with Crippen LogP contribution in [0.25, 0.3) is 11.1 Å². The molecule has 0 atom stereocenters. The van der Waals surface area contributed by atoms with Crippen LogP contribution in [0.5, 0.6) is 11.5 Å².